The van der Waals surface area contributed by atoms with Gasteiger partial charge in [0.05, 0.1) is 17.2 Å². The molecule has 1 atom stereocenters. The van der Waals surface area contributed by atoms with Crippen molar-refractivity contribution in [2.45, 2.75) is 19.6 Å². The normalized spacial score (nSPS) is 11.6. The van der Waals surface area contributed by atoms with Crippen molar-refractivity contribution < 1.29 is 28.2 Å². The lowest BCUT2D eigenvalue weighted by atomic mass is 10.0. The first-order chi connectivity index (χ1) is 14.7. The predicted octanol–water partition coefficient (Wildman–Crippen LogP) is 5.39. The molecule has 0 radical (unpaired) electrons. The first kappa shape index (κ1) is 22.2. The van der Waals surface area contributed by atoms with Gasteiger partial charge in [-0.1, -0.05) is 29.8 Å². The molecule has 0 saturated carbocycles. The molecule has 0 aromatic heterocycles. The number of ether oxygens (including phenoxy) is 1. The zero-order valence-corrected chi connectivity index (χ0v) is 17.1. The highest BCUT2D eigenvalue weighted by atomic mass is 35.5. The number of carbonyl (C=O) groups is 2. The van der Waals surface area contributed by atoms with Crippen LogP contribution in [0.1, 0.15) is 44.8 Å². The van der Waals surface area contributed by atoms with E-state index in [0.29, 0.717) is 5.56 Å². The standard InChI is InChI=1S/C23H18ClF2NO4/c1-13(18-4-2-3-5-19(18)23(29)30)27-22(28)20-10-15(24)6-7-21(20)31-12-14-8-16(25)11-17(26)9-14/h2-11,13H,12H2,1H3,(H,27,28)(H,29,30)/t13-/m0/s1. The number of carboxylic acids is 1. The minimum absolute atomic E-state index is 0.0750. The summed E-state index contributed by atoms with van der Waals surface area (Å²) in [5.41, 5.74) is 0.862. The van der Waals surface area contributed by atoms with Crippen LogP contribution in [0.5, 0.6) is 5.75 Å². The lowest BCUT2D eigenvalue weighted by Crippen LogP contribution is -2.28. The summed E-state index contributed by atoms with van der Waals surface area (Å²) >= 11 is 6.03. The number of benzene rings is 3. The summed E-state index contributed by atoms with van der Waals surface area (Å²) in [4.78, 5) is 24.3. The van der Waals surface area contributed by atoms with E-state index in [9.17, 15) is 23.5 Å². The van der Waals surface area contributed by atoms with Gasteiger partial charge in [0.1, 0.15) is 24.0 Å². The van der Waals surface area contributed by atoms with E-state index in [-0.39, 0.29) is 34.1 Å². The third-order valence-corrected chi connectivity index (χ3v) is 4.74. The van der Waals surface area contributed by atoms with Crippen molar-refractivity contribution >= 4 is 23.5 Å². The lowest BCUT2D eigenvalue weighted by Gasteiger charge is -2.18. The summed E-state index contributed by atoms with van der Waals surface area (Å²) < 4.78 is 32.4. The van der Waals surface area contributed by atoms with E-state index < -0.39 is 29.6 Å². The van der Waals surface area contributed by atoms with E-state index in [1.807, 2.05) is 0 Å². The Bertz CT molecular complexity index is 1120. The molecule has 0 aliphatic carbocycles. The first-order valence-corrected chi connectivity index (χ1v) is 9.63. The van der Waals surface area contributed by atoms with Crippen LogP contribution in [0.15, 0.2) is 60.7 Å². The van der Waals surface area contributed by atoms with Gasteiger partial charge >= 0.3 is 5.97 Å². The van der Waals surface area contributed by atoms with Crippen LogP contribution in [0.25, 0.3) is 0 Å². The molecule has 0 saturated heterocycles. The zero-order valence-electron chi connectivity index (χ0n) is 16.4. The topological polar surface area (TPSA) is 75.6 Å². The molecule has 160 valence electrons. The quantitative estimate of drug-likeness (QED) is 0.511. The fraction of sp³-hybridized carbons (Fsp3) is 0.130. The van der Waals surface area contributed by atoms with E-state index in [1.54, 1.807) is 25.1 Å². The molecule has 1 amide bonds. The van der Waals surface area contributed by atoms with Gasteiger partial charge in [0.2, 0.25) is 0 Å². The van der Waals surface area contributed by atoms with Crippen molar-refractivity contribution in [3.05, 3.63) is 99.6 Å². The Labute approximate surface area is 182 Å². The van der Waals surface area contributed by atoms with Crippen molar-refractivity contribution in [3.63, 3.8) is 0 Å². The SMILES string of the molecule is C[C@H](NC(=O)c1cc(Cl)ccc1OCc1cc(F)cc(F)c1)c1ccccc1C(=O)O. The molecule has 0 fully saturated rings. The number of amides is 1. The maximum Gasteiger partial charge on any atom is 0.336 e. The van der Waals surface area contributed by atoms with Gasteiger partial charge in [-0.25, -0.2) is 13.6 Å². The van der Waals surface area contributed by atoms with Crippen molar-refractivity contribution in [3.8, 4) is 5.75 Å². The van der Waals surface area contributed by atoms with Gasteiger partial charge in [-0.05, 0) is 54.4 Å². The van der Waals surface area contributed by atoms with E-state index in [2.05, 4.69) is 5.32 Å². The van der Waals surface area contributed by atoms with E-state index >= 15 is 0 Å². The van der Waals surface area contributed by atoms with Crippen LogP contribution in [0.3, 0.4) is 0 Å². The summed E-state index contributed by atoms with van der Waals surface area (Å²) in [6.45, 7) is 1.48. The Morgan fingerprint density at radius 2 is 1.71 bits per heavy atom. The predicted molar refractivity (Wildman–Crippen MR) is 111 cm³/mol. The van der Waals surface area contributed by atoms with Gasteiger partial charge in [-0.3, -0.25) is 4.79 Å². The van der Waals surface area contributed by atoms with E-state index in [0.717, 1.165) is 18.2 Å². The van der Waals surface area contributed by atoms with Crippen LogP contribution in [-0.4, -0.2) is 17.0 Å². The van der Waals surface area contributed by atoms with Gasteiger partial charge in [0, 0.05) is 11.1 Å². The van der Waals surface area contributed by atoms with Crippen LogP contribution >= 0.6 is 11.6 Å². The highest BCUT2D eigenvalue weighted by Crippen LogP contribution is 2.26. The second-order valence-corrected chi connectivity index (χ2v) is 7.23. The number of halogens is 3. The Morgan fingerprint density at radius 1 is 1.03 bits per heavy atom. The van der Waals surface area contributed by atoms with Gasteiger partial charge in [0.15, 0.2) is 0 Å². The van der Waals surface area contributed by atoms with Crippen LogP contribution < -0.4 is 10.1 Å². The maximum absolute atomic E-state index is 13.4. The molecule has 0 heterocycles. The van der Waals surface area contributed by atoms with E-state index in [4.69, 9.17) is 16.3 Å². The van der Waals surface area contributed by atoms with Crippen LogP contribution in [0, 0.1) is 11.6 Å². The van der Waals surface area contributed by atoms with Crippen molar-refractivity contribution in [1.82, 2.24) is 5.32 Å². The van der Waals surface area contributed by atoms with Gasteiger partial charge < -0.3 is 15.2 Å². The van der Waals surface area contributed by atoms with Gasteiger partial charge in [-0.2, -0.15) is 0 Å². The summed E-state index contributed by atoms with van der Waals surface area (Å²) in [6.07, 6.45) is 0. The molecule has 8 heteroatoms. The summed E-state index contributed by atoms with van der Waals surface area (Å²) in [7, 11) is 0. The Hall–Kier alpha value is -3.45. The highest BCUT2D eigenvalue weighted by Gasteiger charge is 2.20. The number of hydrogen-bond acceptors (Lipinski definition) is 3. The third-order valence-electron chi connectivity index (χ3n) is 4.51. The molecule has 3 rings (SSSR count). The number of carbonyl (C=O) groups excluding carboxylic acids is 1. The van der Waals surface area contributed by atoms with Crippen LogP contribution in [0.4, 0.5) is 8.78 Å². The largest absolute Gasteiger partial charge is 0.488 e. The second-order valence-electron chi connectivity index (χ2n) is 6.79. The highest BCUT2D eigenvalue weighted by molar-refractivity contribution is 6.31. The van der Waals surface area contributed by atoms with Crippen LogP contribution in [-0.2, 0) is 6.61 Å². The molecule has 5 nitrogen and oxygen atoms in total. The fourth-order valence-corrected chi connectivity index (χ4v) is 3.25. The molecule has 2 N–H and O–H groups in total. The zero-order chi connectivity index (χ0) is 22.5. The molecular weight excluding hydrogens is 428 g/mol. The number of rotatable bonds is 7. The van der Waals surface area contributed by atoms with Gasteiger partial charge in [-0.15, -0.1) is 0 Å². The summed E-state index contributed by atoms with van der Waals surface area (Å²) in [5.74, 6) is -2.97. The summed E-state index contributed by atoms with van der Waals surface area (Å²) in [5, 5.41) is 12.4. The smallest absolute Gasteiger partial charge is 0.336 e. The number of carboxylic acid groups (broad SMARTS) is 1. The number of aromatic carboxylic acids is 1. The maximum atomic E-state index is 13.4. The molecule has 0 bridgehead atoms. The average Bonchev–Trinajstić information content (AvgIpc) is 2.72. The Kier molecular flexibility index (Phi) is 6.87. The molecule has 0 unspecified atom stereocenters. The molecule has 31 heavy (non-hydrogen) atoms. The molecule has 0 aliphatic heterocycles. The van der Waals surface area contributed by atoms with Crippen LogP contribution in [0.2, 0.25) is 5.02 Å². The fourth-order valence-electron chi connectivity index (χ4n) is 3.08. The lowest BCUT2D eigenvalue weighted by molar-refractivity contribution is 0.0693. The molecule has 0 aliphatic rings. The number of nitrogens with one attached hydrogen (secondary N) is 1. The summed E-state index contributed by atoms with van der Waals surface area (Å²) in [6, 6.07) is 13.1. The molecule has 0 spiro atoms. The van der Waals surface area contributed by atoms with Gasteiger partial charge in [0.25, 0.3) is 5.91 Å². The minimum Gasteiger partial charge on any atom is -0.488 e. The number of hydrogen-bond donors (Lipinski definition) is 2. The monoisotopic (exact) mass is 445 g/mol. The van der Waals surface area contributed by atoms with E-state index in [1.165, 1.54) is 24.3 Å². The third kappa shape index (κ3) is 5.58. The molecule has 3 aromatic rings. The Morgan fingerprint density at radius 3 is 2.39 bits per heavy atom. The van der Waals surface area contributed by atoms with Crippen molar-refractivity contribution in [2.24, 2.45) is 0 Å². The molecule has 3 aromatic carbocycles. The van der Waals surface area contributed by atoms with Crippen molar-refractivity contribution in [2.75, 3.05) is 0 Å². The first-order valence-electron chi connectivity index (χ1n) is 9.25. The van der Waals surface area contributed by atoms with Crippen molar-refractivity contribution in [1.29, 1.82) is 0 Å². The minimum atomic E-state index is -1.11. The second kappa shape index (κ2) is 9.57. The average molecular weight is 446 g/mol. The Balaban J connectivity index is 1.81. The molecular formula is C23H18ClF2NO4.